The van der Waals surface area contributed by atoms with Gasteiger partial charge in [0.25, 0.3) is 11.8 Å². The van der Waals surface area contributed by atoms with Crippen LogP contribution in [0.5, 0.6) is 0 Å². The molecule has 1 aromatic heterocycles. The highest BCUT2D eigenvalue weighted by Crippen LogP contribution is 2.35. The third-order valence-corrected chi connectivity index (χ3v) is 8.70. The molecule has 3 heterocycles. The molecule has 2 aromatic carbocycles. The number of piperazine rings is 1. The molecule has 0 N–H and O–H groups in total. The number of hydrogen-bond acceptors (Lipinski definition) is 6. The van der Waals surface area contributed by atoms with E-state index >= 15 is 0 Å². The van der Waals surface area contributed by atoms with Crippen LogP contribution in [0.2, 0.25) is 0 Å². The van der Waals surface area contributed by atoms with Crippen LogP contribution in [-0.2, 0) is 0 Å². The molecule has 2 fully saturated rings. The first-order valence-electron chi connectivity index (χ1n) is 12.5. The maximum absolute atomic E-state index is 12.9. The topological polar surface area (TPSA) is 56.8 Å². The standard InChI is InChI=1S/C27H30N4O2S/c32-26-21-9-3-4-10-22(21)27(33)31(26)18-20-8-2-1-7-19(20)17-29-13-15-30(16-14-29)25-23-11-5-6-12-24(23)34-28-25/h3-6,9-12,19-20H,1-2,7-8,13-18H2. The van der Waals surface area contributed by atoms with Crippen molar-refractivity contribution >= 4 is 39.3 Å². The Morgan fingerprint density at radius 2 is 1.41 bits per heavy atom. The quantitative estimate of drug-likeness (QED) is 0.509. The predicted molar refractivity (Wildman–Crippen MR) is 136 cm³/mol. The number of aromatic nitrogens is 1. The maximum atomic E-state index is 12.9. The van der Waals surface area contributed by atoms with E-state index in [9.17, 15) is 9.59 Å². The predicted octanol–water partition coefficient (Wildman–Crippen LogP) is 4.52. The number of benzene rings is 2. The van der Waals surface area contributed by atoms with Crippen LogP contribution in [0, 0.1) is 11.8 Å². The van der Waals surface area contributed by atoms with Crippen LogP contribution in [0.25, 0.3) is 10.1 Å². The Morgan fingerprint density at radius 1 is 0.794 bits per heavy atom. The molecule has 7 heteroatoms. The molecule has 1 saturated carbocycles. The van der Waals surface area contributed by atoms with Crippen molar-refractivity contribution in [3.63, 3.8) is 0 Å². The van der Waals surface area contributed by atoms with Gasteiger partial charge in [0.05, 0.1) is 15.8 Å². The van der Waals surface area contributed by atoms with E-state index in [0.29, 0.717) is 29.5 Å². The highest BCUT2D eigenvalue weighted by atomic mass is 32.1. The SMILES string of the molecule is O=C1c2ccccc2C(=O)N1CC1CCCCC1CN1CCN(c2nsc3ccccc23)CC1. The third kappa shape index (κ3) is 3.91. The fourth-order valence-corrected chi connectivity index (χ4v) is 6.77. The summed E-state index contributed by atoms with van der Waals surface area (Å²) in [5, 5.41) is 1.26. The number of nitrogens with zero attached hydrogens (tertiary/aromatic N) is 4. The highest BCUT2D eigenvalue weighted by Gasteiger charge is 2.38. The summed E-state index contributed by atoms with van der Waals surface area (Å²) in [6, 6.07) is 15.7. The summed E-state index contributed by atoms with van der Waals surface area (Å²) >= 11 is 1.58. The molecule has 2 unspecified atom stereocenters. The molecule has 2 atom stereocenters. The Bertz CT molecular complexity index is 1180. The van der Waals surface area contributed by atoms with Crippen molar-refractivity contribution in [2.45, 2.75) is 25.7 Å². The Balaban J connectivity index is 1.09. The number of carbonyl (C=O) groups is 2. The molecule has 6 nitrogen and oxygen atoms in total. The second-order valence-corrected chi connectivity index (χ2v) is 10.7. The number of carbonyl (C=O) groups excluding carboxylic acids is 2. The fraction of sp³-hybridized carbons (Fsp3) is 0.444. The molecule has 176 valence electrons. The Morgan fingerprint density at radius 3 is 2.12 bits per heavy atom. The van der Waals surface area contributed by atoms with Gasteiger partial charge in [0, 0.05) is 44.7 Å². The van der Waals surface area contributed by atoms with Crippen molar-refractivity contribution in [3.05, 3.63) is 59.7 Å². The molecule has 3 aliphatic rings. The monoisotopic (exact) mass is 474 g/mol. The summed E-state index contributed by atoms with van der Waals surface area (Å²) in [6.07, 6.45) is 4.72. The van der Waals surface area contributed by atoms with Crippen LogP contribution < -0.4 is 4.90 Å². The number of imide groups is 1. The van der Waals surface area contributed by atoms with E-state index in [1.807, 2.05) is 12.1 Å². The molecule has 6 rings (SSSR count). The minimum absolute atomic E-state index is 0.117. The molecular formula is C27H30N4O2S. The molecule has 0 radical (unpaired) electrons. The van der Waals surface area contributed by atoms with E-state index in [0.717, 1.165) is 45.0 Å². The third-order valence-electron chi connectivity index (χ3n) is 7.88. The minimum Gasteiger partial charge on any atom is -0.353 e. The average molecular weight is 475 g/mol. The summed E-state index contributed by atoms with van der Waals surface area (Å²) in [7, 11) is 0. The van der Waals surface area contributed by atoms with Gasteiger partial charge in [-0.05, 0) is 60.5 Å². The number of fused-ring (bicyclic) bond motifs is 2. The van der Waals surface area contributed by atoms with Crippen LogP contribution in [0.15, 0.2) is 48.5 Å². The summed E-state index contributed by atoms with van der Waals surface area (Å²) in [6.45, 7) is 5.65. The van der Waals surface area contributed by atoms with E-state index in [2.05, 4.69) is 34.1 Å². The lowest BCUT2D eigenvalue weighted by Crippen LogP contribution is -2.49. The van der Waals surface area contributed by atoms with Crippen molar-refractivity contribution in [2.75, 3.05) is 44.2 Å². The van der Waals surface area contributed by atoms with Crippen molar-refractivity contribution in [1.82, 2.24) is 14.2 Å². The van der Waals surface area contributed by atoms with Crippen LogP contribution in [0.1, 0.15) is 46.4 Å². The van der Waals surface area contributed by atoms with Gasteiger partial charge in [-0.1, -0.05) is 37.1 Å². The van der Waals surface area contributed by atoms with Gasteiger partial charge in [0.1, 0.15) is 5.82 Å². The summed E-state index contributed by atoms with van der Waals surface area (Å²) < 4.78 is 5.99. The molecular weight excluding hydrogens is 444 g/mol. The van der Waals surface area contributed by atoms with Crippen LogP contribution >= 0.6 is 11.5 Å². The van der Waals surface area contributed by atoms with Crippen molar-refractivity contribution in [1.29, 1.82) is 0 Å². The van der Waals surface area contributed by atoms with Crippen LogP contribution in [0.4, 0.5) is 5.82 Å². The first-order chi connectivity index (χ1) is 16.7. The highest BCUT2D eigenvalue weighted by molar-refractivity contribution is 7.13. The fourth-order valence-electron chi connectivity index (χ4n) is 5.98. The van der Waals surface area contributed by atoms with Gasteiger partial charge in [-0.3, -0.25) is 19.4 Å². The number of anilines is 1. The summed E-state index contributed by atoms with van der Waals surface area (Å²) in [4.78, 5) is 32.3. The van der Waals surface area contributed by atoms with Gasteiger partial charge in [-0.15, -0.1) is 0 Å². The van der Waals surface area contributed by atoms with Gasteiger partial charge in [-0.25, -0.2) is 0 Å². The van der Waals surface area contributed by atoms with E-state index in [-0.39, 0.29) is 11.8 Å². The summed E-state index contributed by atoms with van der Waals surface area (Å²) in [5.74, 6) is 1.81. The Labute approximate surface area is 204 Å². The molecule has 2 amide bonds. The van der Waals surface area contributed by atoms with Gasteiger partial charge in [-0.2, -0.15) is 4.37 Å². The zero-order valence-corrected chi connectivity index (χ0v) is 20.2. The van der Waals surface area contributed by atoms with Crippen molar-refractivity contribution in [2.24, 2.45) is 11.8 Å². The molecule has 0 spiro atoms. The molecule has 3 aromatic rings. The average Bonchev–Trinajstić information content (AvgIpc) is 3.41. The largest absolute Gasteiger partial charge is 0.353 e. The molecule has 1 aliphatic carbocycles. The number of amides is 2. The first kappa shape index (κ1) is 21.7. The minimum atomic E-state index is -0.117. The summed E-state index contributed by atoms with van der Waals surface area (Å²) in [5.41, 5.74) is 1.12. The zero-order valence-electron chi connectivity index (χ0n) is 19.4. The van der Waals surface area contributed by atoms with Gasteiger partial charge >= 0.3 is 0 Å². The van der Waals surface area contributed by atoms with Gasteiger partial charge in [0.15, 0.2) is 0 Å². The second kappa shape index (κ2) is 9.12. The first-order valence-corrected chi connectivity index (χ1v) is 13.2. The van der Waals surface area contributed by atoms with Crippen LogP contribution in [-0.4, -0.2) is 65.3 Å². The number of rotatable bonds is 5. The Hall–Kier alpha value is -2.77. The normalized spacial score (nSPS) is 23.6. The lowest BCUT2D eigenvalue weighted by Gasteiger charge is -2.40. The zero-order chi connectivity index (χ0) is 23.1. The van der Waals surface area contributed by atoms with E-state index in [1.165, 1.54) is 34.2 Å². The van der Waals surface area contributed by atoms with Crippen LogP contribution in [0.3, 0.4) is 0 Å². The van der Waals surface area contributed by atoms with Crippen molar-refractivity contribution in [3.8, 4) is 0 Å². The molecule has 0 bridgehead atoms. The maximum Gasteiger partial charge on any atom is 0.261 e. The molecule has 2 aliphatic heterocycles. The smallest absolute Gasteiger partial charge is 0.261 e. The molecule has 34 heavy (non-hydrogen) atoms. The van der Waals surface area contributed by atoms with Gasteiger partial charge in [0.2, 0.25) is 0 Å². The number of hydrogen-bond donors (Lipinski definition) is 0. The lowest BCUT2D eigenvalue weighted by atomic mass is 9.78. The van der Waals surface area contributed by atoms with Gasteiger partial charge < -0.3 is 4.90 Å². The van der Waals surface area contributed by atoms with E-state index in [1.54, 1.807) is 23.7 Å². The van der Waals surface area contributed by atoms with E-state index in [4.69, 9.17) is 4.37 Å². The lowest BCUT2D eigenvalue weighted by molar-refractivity contribution is 0.0562. The van der Waals surface area contributed by atoms with E-state index < -0.39 is 0 Å². The second-order valence-electron chi connectivity index (χ2n) is 9.86. The van der Waals surface area contributed by atoms with Crippen molar-refractivity contribution < 1.29 is 9.59 Å². The molecule has 1 saturated heterocycles. The Kier molecular flexibility index (Phi) is 5.83.